The van der Waals surface area contributed by atoms with Crippen molar-refractivity contribution in [3.8, 4) is 5.69 Å². The van der Waals surface area contributed by atoms with E-state index >= 15 is 0 Å². The Labute approximate surface area is 185 Å². The third kappa shape index (κ3) is 4.17. The molecular formula is C23H16ClF2N3O3. The number of carbonyl (C=O) groups excluding carboxylic acids is 1. The van der Waals surface area contributed by atoms with E-state index in [9.17, 15) is 23.2 Å². The minimum Gasteiger partial charge on any atom is -0.350 e. The van der Waals surface area contributed by atoms with Crippen LogP contribution in [-0.2, 0) is 17.9 Å². The van der Waals surface area contributed by atoms with Crippen LogP contribution in [0, 0.1) is 11.6 Å². The second-order valence-electron chi connectivity index (χ2n) is 7.03. The number of halogens is 3. The Morgan fingerprint density at radius 2 is 1.69 bits per heavy atom. The van der Waals surface area contributed by atoms with E-state index < -0.39 is 35.3 Å². The molecule has 6 nitrogen and oxygen atoms in total. The first-order valence-corrected chi connectivity index (χ1v) is 9.94. The molecule has 1 amide bonds. The summed E-state index contributed by atoms with van der Waals surface area (Å²) in [6, 6.07) is 15.2. The van der Waals surface area contributed by atoms with Crippen molar-refractivity contribution in [2.24, 2.45) is 0 Å². The van der Waals surface area contributed by atoms with E-state index in [0.29, 0.717) is 10.1 Å². The molecule has 162 valence electrons. The van der Waals surface area contributed by atoms with Crippen LogP contribution in [0.4, 0.5) is 8.78 Å². The number of aromatic nitrogens is 2. The summed E-state index contributed by atoms with van der Waals surface area (Å²) in [5, 5.41) is 3.01. The van der Waals surface area contributed by atoms with E-state index in [2.05, 4.69) is 5.32 Å². The lowest BCUT2D eigenvalue weighted by atomic mass is 10.2. The Kier molecular flexibility index (Phi) is 5.87. The molecule has 0 saturated carbocycles. The number of nitrogens with one attached hydrogen (secondary N) is 1. The Morgan fingerprint density at radius 3 is 2.41 bits per heavy atom. The van der Waals surface area contributed by atoms with Crippen molar-refractivity contribution in [2.75, 3.05) is 0 Å². The molecule has 1 heterocycles. The second-order valence-corrected chi connectivity index (χ2v) is 7.46. The van der Waals surface area contributed by atoms with Gasteiger partial charge in [0.1, 0.15) is 18.2 Å². The lowest BCUT2D eigenvalue weighted by Gasteiger charge is -2.15. The summed E-state index contributed by atoms with van der Waals surface area (Å²) >= 11 is 6.05. The van der Waals surface area contributed by atoms with Gasteiger partial charge in [-0.25, -0.2) is 18.1 Å². The van der Waals surface area contributed by atoms with Crippen LogP contribution in [0.3, 0.4) is 0 Å². The quantitative estimate of drug-likeness (QED) is 0.501. The molecule has 0 bridgehead atoms. The van der Waals surface area contributed by atoms with Gasteiger partial charge in [-0.3, -0.25) is 14.2 Å². The molecule has 0 saturated heterocycles. The monoisotopic (exact) mass is 455 g/mol. The van der Waals surface area contributed by atoms with Crippen molar-refractivity contribution in [2.45, 2.75) is 13.1 Å². The zero-order chi connectivity index (χ0) is 22.8. The zero-order valence-electron chi connectivity index (χ0n) is 16.5. The van der Waals surface area contributed by atoms with Gasteiger partial charge in [0, 0.05) is 11.6 Å². The molecule has 0 aliphatic carbocycles. The van der Waals surface area contributed by atoms with Crippen molar-refractivity contribution >= 4 is 28.4 Å². The normalized spacial score (nSPS) is 11.0. The van der Waals surface area contributed by atoms with E-state index in [1.54, 1.807) is 0 Å². The molecule has 3 aromatic carbocycles. The highest BCUT2D eigenvalue weighted by atomic mass is 35.5. The number of hydrogen-bond donors (Lipinski definition) is 1. The maximum Gasteiger partial charge on any atom is 0.336 e. The van der Waals surface area contributed by atoms with Gasteiger partial charge in [0.15, 0.2) is 0 Å². The van der Waals surface area contributed by atoms with Gasteiger partial charge in [-0.15, -0.1) is 0 Å². The fourth-order valence-corrected chi connectivity index (χ4v) is 3.51. The third-order valence-electron chi connectivity index (χ3n) is 4.90. The van der Waals surface area contributed by atoms with E-state index in [0.717, 1.165) is 10.6 Å². The van der Waals surface area contributed by atoms with Gasteiger partial charge < -0.3 is 5.32 Å². The number of para-hydroxylation sites is 1. The first kappa shape index (κ1) is 21.5. The summed E-state index contributed by atoms with van der Waals surface area (Å²) in [4.78, 5) is 38.8. The average Bonchev–Trinajstić information content (AvgIpc) is 2.77. The number of carbonyl (C=O) groups is 1. The number of nitrogens with zero attached hydrogens (tertiary/aromatic N) is 2. The number of amides is 1. The first-order valence-electron chi connectivity index (χ1n) is 9.56. The molecule has 0 unspecified atom stereocenters. The fraction of sp³-hybridized carbons (Fsp3) is 0.0870. The summed E-state index contributed by atoms with van der Waals surface area (Å²) < 4.78 is 29.2. The van der Waals surface area contributed by atoms with Crippen LogP contribution in [0.1, 0.15) is 5.56 Å². The average molecular weight is 456 g/mol. The molecule has 1 N–H and O–H groups in total. The topological polar surface area (TPSA) is 73.1 Å². The molecule has 0 aliphatic heterocycles. The molecule has 4 rings (SSSR count). The molecule has 1 aromatic heterocycles. The summed E-state index contributed by atoms with van der Waals surface area (Å²) in [6.07, 6.45) is 0. The van der Waals surface area contributed by atoms with E-state index in [1.165, 1.54) is 60.7 Å². The van der Waals surface area contributed by atoms with E-state index in [1.807, 2.05) is 0 Å². The van der Waals surface area contributed by atoms with Crippen molar-refractivity contribution in [3.63, 3.8) is 0 Å². The van der Waals surface area contributed by atoms with Gasteiger partial charge in [-0.2, -0.15) is 0 Å². The number of fused-ring (bicyclic) bond motifs is 1. The Hall–Kier alpha value is -3.78. The van der Waals surface area contributed by atoms with Crippen molar-refractivity contribution in [1.29, 1.82) is 0 Å². The Bertz CT molecular complexity index is 1450. The van der Waals surface area contributed by atoms with Crippen LogP contribution in [-0.4, -0.2) is 15.0 Å². The van der Waals surface area contributed by atoms with Crippen LogP contribution >= 0.6 is 11.6 Å². The lowest BCUT2D eigenvalue weighted by molar-refractivity contribution is -0.121. The third-order valence-corrected chi connectivity index (χ3v) is 5.14. The molecule has 32 heavy (non-hydrogen) atoms. The van der Waals surface area contributed by atoms with Gasteiger partial charge >= 0.3 is 5.69 Å². The van der Waals surface area contributed by atoms with Crippen molar-refractivity contribution in [3.05, 3.63) is 110 Å². The van der Waals surface area contributed by atoms with Gasteiger partial charge in [-0.1, -0.05) is 35.9 Å². The maximum atomic E-state index is 14.4. The van der Waals surface area contributed by atoms with Crippen LogP contribution < -0.4 is 16.6 Å². The van der Waals surface area contributed by atoms with E-state index in [-0.39, 0.29) is 28.2 Å². The standard InChI is InChI=1S/C23H16ClF2N3O3/c24-15-7-10-17-20(11-15)28(13-21(30)27-12-14-5-8-16(25)9-6-14)23(32)29(22(17)31)19-4-2-1-3-18(19)26/h1-11H,12-13H2,(H,27,30). The van der Waals surface area contributed by atoms with Crippen molar-refractivity contribution in [1.82, 2.24) is 14.5 Å². The molecule has 0 aliphatic rings. The van der Waals surface area contributed by atoms with Crippen LogP contribution in [0.15, 0.2) is 76.3 Å². The molecule has 0 spiro atoms. The summed E-state index contributed by atoms with van der Waals surface area (Å²) in [5.41, 5.74) is -1.02. The molecule has 9 heteroatoms. The summed E-state index contributed by atoms with van der Waals surface area (Å²) in [7, 11) is 0. The largest absolute Gasteiger partial charge is 0.350 e. The smallest absolute Gasteiger partial charge is 0.336 e. The number of hydrogen-bond acceptors (Lipinski definition) is 3. The maximum absolute atomic E-state index is 14.4. The number of benzene rings is 3. The van der Waals surface area contributed by atoms with Crippen LogP contribution in [0.5, 0.6) is 0 Å². The Morgan fingerprint density at radius 1 is 0.969 bits per heavy atom. The van der Waals surface area contributed by atoms with Crippen molar-refractivity contribution < 1.29 is 13.6 Å². The minimum atomic E-state index is -0.883. The highest BCUT2D eigenvalue weighted by Crippen LogP contribution is 2.17. The fourth-order valence-electron chi connectivity index (χ4n) is 3.34. The van der Waals surface area contributed by atoms with Crippen LogP contribution in [0.2, 0.25) is 5.02 Å². The number of rotatable bonds is 5. The second kappa shape index (κ2) is 8.76. The zero-order valence-corrected chi connectivity index (χ0v) is 17.3. The predicted octanol–water partition coefficient (Wildman–Crippen LogP) is 3.40. The molecular weight excluding hydrogens is 440 g/mol. The highest BCUT2D eigenvalue weighted by molar-refractivity contribution is 6.31. The predicted molar refractivity (Wildman–Crippen MR) is 117 cm³/mol. The summed E-state index contributed by atoms with van der Waals surface area (Å²) in [6.45, 7) is -0.328. The minimum absolute atomic E-state index is 0.101. The van der Waals surface area contributed by atoms with Gasteiger partial charge in [0.05, 0.1) is 16.6 Å². The highest BCUT2D eigenvalue weighted by Gasteiger charge is 2.18. The van der Waals surface area contributed by atoms with Gasteiger partial charge in [0.25, 0.3) is 5.56 Å². The van der Waals surface area contributed by atoms with Gasteiger partial charge in [0.2, 0.25) is 5.91 Å². The molecule has 0 fully saturated rings. The molecule has 0 atom stereocenters. The SMILES string of the molecule is O=C(Cn1c(=O)n(-c2ccccc2F)c(=O)c2ccc(Cl)cc21)NCc1ccc(F)cc1. The lowest BCUT2D eigenvalue weighted by Crippen LogP contribution is -2.42. The summed E-state index contributed by atoms with van der Waals surface area (Å²) in [5.74, 6) is -1.69. The molecule has 0 radical (unpaired) electrons. The van der Waals surface area contributed by atoms with Gasteiger partial charge in [-0.05, 0) is 48.0 Å². The molecule has 4 aromatic rings. The van der Waals surface area contributed by atoms with E-state index in [4.69, 9.17) is 11.6 Å². The first-order chi connectivity index (χ1) is 15.3. The van der Waals surface area contributed by atoms with Crippen LogP contribution in [0.25, 0.3) is 16.6 Å². The Balaban J connectivity index is 1.77.